The van der Waals surface area contributed by atoms with Crippen LogP contribution in [0.4, 0.5) is 0 Å². The second-order valence-electron chi connectivity index (χ2n) is 5.59. The molecule has 0 bridgehead atoms. The lowest BCUT2D eigenvalue weighted by atomic mass is 9.97. The number of hydrazine groups is 1. The highest BCUT2D eigenvalue weighted by Crippen LogP contribution is 2.25. The first-order valence-electron chi connectivity index (χ1n) is 7.63. The van der Waals surface area contributed by atoms with Gasteiger partial charge in [-0.05, 0) is 62.3 Å². The summed E-state index contributed by atoms with van der Waals surface area (Å²) in [4.78, 5) is 0. The van der Waals surface area contributed by atoms with Gasteiger partial charge in [-0.25, -0.2) is 0 Å². The van der Waals surface area contributed by atoms with E-state index in [-0.39, 0.29) is 6.04 Å². The monoisotopic (exact) mass is 356 g/mol. The number of benzene rings is 1. The molecule has 3 N–H and O–H groups in total. The van der Waals surface area contributed by atoms with Crippen LogP contribution in [0.5, 0.6) is 5.75 Å². The van der Waals surface area contributed by atoms with E-state index >= 15 is 0 Å². The van der Waals surface area contributed by atoms with Gasteiger partial charge in [0, 0.05) is 17.1 Å². The zero-order valence-electron chi connectivity index (χ0n) is 12.6. The summed E-state index contributed by atoms with van der Waals surface area (Å²) >= 11 is 3.51. The summed E-state index contributed by atoms with van der Waals surface area (Å²) in [5, 5.41) is 0. The smallest absolute Gasteiger partial charge is 0.122 e. The Morgan fingerprint density at radius 1 is 1.48 bits per heavy atom. The van der Waals surface area contributed by atoms with Crippen molar-refractivity contribution in [2.45, 2.75) is 50.7 Å². The van der Waals surface area contributed by atoms with Crippen LogP contribution in [0.1, 0.15) is 37.7 Å². The van der Waals surface area contributed by atoms with E-state index in [4.69, 9.17) is 15.3 Å². The highest BCUT2D eigenvalue weighted by Gasteiger charge is 2.17. The van der Waals surface area contributed by atoms with Crippen LogP contribution in [0.25, 0.3) is 0 Å². The van der Waals surface area contributed by atoms with Crippen molar-refractivity contribution in [3.63, 3.8) is 0 Å². The fourth-order valence-corrected chi connectivity index (χ4v) is 3.25. The van der Waals surface area contributed by atoms with Gasteiger partial charge < -0.3 is 9.47 Å². The molecule has 21 heavy (non-hydrogen) atoms. The minimum atomic E-state index is 0.235. The van der Waals surface area contributed by atoms with Gasteiger partial charge in [-0.2, -0.15) is 0 Å². The lowest BCUT2D eigenvalue weighted by Crippen LogP contribution is -2.37. The molecule has 118 valence electrons. The summed E-state index contributed by atoms with van der Waals surface area (Å²) < 4.78 is 12.3. The first-order valence-corrected chi connectivity index (χ1v) is 8.42. The van der Waals surface area contributed by atoms with Crippen LogP contribution in [-0.4, -0.2) is 25.9 Å². The summed E-state index contributed by atoms with van der Waals surface area (Å²) in [6, 6.07) is 6.30. The van der Waals surface area contributed by atoms with Crippen molar-refractivity contribution in [1.29, 1.82) is 0 Å². The molecule has 0 amide bonds. The Morgan fingerprint density at radius 3 is 3.00 bits per heavy atom. The number of halogens is 1. The van der Waals surface area contributed by atoms with E-state index in [0.29, 0.717) is 6.10 Å². The van der Waals surface area contributed by atoms with E-state index in [0.717, 1.165) is 36.1 Å². The largest absolute Gasteiger partial charge is 0.496 e. The van der Waals surface area contributed by atoms with Crippen molar-refractivity contribution in [3.05, 3.63) is 28.2 Å². The fourth-order valence-electron chi connectivity index (χ4n) is 2.84. The van der Waals surface area contributed by atoms with Crippen molar-refractivity contribution in [2.24, 2.45) is 5.84 Å². The number of nitrogens with one attached hydrogen (secondary N) is 1. The number of nitrogens with two attached hydrogens (primary N) is 1. The van der Waals surface area contributed by atoms with E-state index in [9.17, 15) is 0 Å². The molecule has 0 radical (unpaired) electrons. The van der Waals surface area contributed by atoms with Gasteiger partial charge in [0.2, 0.25) is 0 Å². The average molecular weight is 357 g/mol. The van der Waals surface area contributed by atoms with Crippen LogP contribution in [-0.2, 0) is 11.2 Å². The van der Waals surface area contributed by atoms with Gasteiger partial charge >= 0.3 is 0 Å². The van der Waals surface area contributed by atoms with Gasteiger partial charge in [0.15, 0.2) is 0 Å². The summed E-state index contributed by atoms with van der Waals surface area (Å²) in [6.45, 7) is 0.908. The molecule has 2 unspecified atom stereocenters. The molecule has 0 aliphatic carbocycles. The van der Waals surface area contributed by atoms with E-state index in [2.05, 4.69) is 27.4 Å². The van der Waals surface area contributed by atoms with Gasteiger partial charge in [0.25, 0.3) is 0 Å². The Kier molecular flexibility index (Phi) is 6.96. The molecule has 1 aromatic carbocycles. The summed E-state index contributed by atoms with van der Waals surface area (Å²) in [7, 11) is 1.70. The van der Waals surface area contributed by atoms with Gasteiger partial charge in [-0.1, -0.05) is 15.9 Å². The molecule has 1 aromatic rings. The van der Waals surface area contributed by atoms with Crippen molar-refractivity contribution < 1.29 is 9.47 Å². The zero-order valence-corrected chi connectivity index (χ0v) is 14.2. The van der Waals surface area contributed by atoms with E-state index in [1.807, 2.05) is 12.1 Å². The van der Waals surface area contributed by atoms with Crippen LogP contribution in [0.3, 0.4) is 0 Å². The fraction of sp³-hybridized carbons (Fsp3) is 0.625. The summed E-state index contributed by atoms with van der Waals surface area (Å²) in [6.07, 6.45) is 6.99. The molecule has 2 rings (SSSR count). The maximum Gasteiger partial charge on any atom is 0.122 e. The van der Waals surface area contributed by atoms with Gasteiger partial charge in [-0.3, -0.25) is 11.3 Å². The Hall–Kier alpha value is -0.620. The Bertz CT molecular complexity index is 436. The number of hydrogen-bond donors (Lipinski definition) is 2. The Balaban J connectivity index is 1.90. The molecular formula is C16H25BrN2O2. The third kappa shape index (κ3) is 5.25. The maximum atomic E-state index is 5.79. The summed E-state index contributed by atoms with van der Waals surface area (Å²) in [5.41, 5.74) is 4.10. The minimum absolute atomic E-state index is 0.235. The van der Waals surface area contributed by atoms with E-state index < -0.39 is 0 Å². The van der Waals surface area contributed by atoms with Gasteiger partial charge in [0.1, 0.15) is 5.75 Å². The van der Waals surface area contributed by atoms with Crippen LogP contribution >= 0.6 is 15.9 Å². The minimum Gasteiger partial charge on any atom is -0.496 e. The third-order valence-corrected chi connectivity index (χ3v) is 4.55. The number of ether oxygens (including phenoxy) is 2. The van der Waals surface area contributed by atoms with E-state index in [1.54, 1.807) is 7.11 Å². The molecular weight excluding hydrogens is 332 g/mol. The molecule has 5 heteroatoms. The second kappa shape index (κ2) is 8.73. The molecule has 0 saturated carbocycles. The number of methoxy groups -OCH3 is 1. The first kappa shape index (κ1) is 16.7. The molecule has 2 atom stereocenters. The normalized spacial score (nSPS) is 20.2. The molecule has 1 fully saturated rings. The van der Waals surface area contributed by atoms with Crippen molar-refractivity contribution in [2.75, 3.05) is 13.7 Å². The summed E-state index contributed by atoms with van der Waals surface area (Å²) in [5.74, 6) is 6.63. The molecule has 4 nitrogen and oxygen atoms in total. The predicted octanol–water partition coefficient (Wildman–Crippen LogP) is 3.18. The topological polar surface area (TPSA) is 56.5 Å². The van der Waals surface area contributed by atoms with Crippen LogP contribution in [0.2, 0.25) is 0 Å². The molecule has 0 spiro atoms. The van der Waals surface area contributed by atoms with Gasteiger partial charge in [-0.15, -0.1) is 0 Å². The Morgan fingerprint density at radius 2 is 2.33 bits per heavy atom. The highest BCUT2D eigenvalue weighted by molar-refractivity contribution is 9.10. The van der Waals surface area contributed by atoms with Crippen molar-refractivity contribution >= 4 is 15.9 Å². The average Bonchev–Trinajstić information content (AvgIpc) is 2.52. The van der Waals surface area contributed by atoms with Gasteiger partial charge in [0.05, 0.1) is 13.2 Å². The maximum absolute atomic E-state index is 5.79. The zero-order chi connectivity index (χ0) is 15.1. The highest BCUT2D eigenvalue weighted by atomic mass is 79.9. The van der Waals surface area contributed by atoms with Crippen LogP contribution in [0, 0.1) is 0 Å². The quantitative estimate of drug-likeness (QED) is 0.581. The van der Waals surface area contributed by atoms with Crippen molar-refractivity contribution in [1.82, 2.24) is 5.43 Å². The third-order valence-electron chi connectivity index (χ3n) is 4.06. The first-order chi connectivity index (χ1) is 10.2. The molecule has 1 aliphatic heterocycles. The molecule has 1 heterocycles. The van der Waals surface area contributed by atoms with E-state index in [1.165, 1.54) is 24.8 Å². The SMILES string of the molecule is COc1ccc(Br)cc1CC(CCC1CCCCO1)NN. The predicted molar refractivity (Wildman–Crippen MR) is 88.3 cm³/mol. The van der Waals surface area contributed by atoms with Crippen LogP contribution in [0.15, 0.2) is 22.7 Å². The number of hydrogen-bond acceptors (Lipinski definition) is 4. The van der Waals surface area contributed by atoms with Crippen LogP contribution < -0.4 is 16.0 Å². The second-order valence-corrected chi connectivity index (χ2v) is 6.51. The molecule has 0 aromatic heterocycles. The Labute approximate surface area is 135 Å². The lowest BCUT2D eigenvalue weighted by molar-refractivity contribution is 0.00858. The standard InChI is InChI=1S/C16H25BrN2O2/c1-20-16-8-5-13(17)10-12(16)11-14(19-18)6-7-15-4-2-3-9-21-15/h5,8,10,14-15,19H,2-4,6-7,9,11,18H2,1H3. The lowest BCUT2D eigenvalue weighted by Gasteiger charge is -2.25. The molecule has 1 saturated heterocycles. The number of rotatable bonds is 7. The van der Waals surface area contributed by atoms with Crippen molar-refractivity contribution in [3.8, 4) is 5.75 Å². The molecule has 1 aliphatic rings.